The molecule has 0 spiro atoms. The minimum atomic E-state index is -1.09. The molecule has 2 N–H and O–H groups in total. The highest BCUT2D eigenvalue weighted by Crippen LogP contribution is 2.26. The van der Waals surface area contributed by atoms with E-state index >= 15 is 0 Å². The molecule has 1 aromatic carbocycles. The number of amides is 1. The van der Waals surface area contributed by atoms with E-state index in [0.29, 0.717) is 11.3 Å². The van der Waals surface area contributed by atoms with Gasteiger partial charge in [-0.15, -0.1) is 11.8 Å². The third-order valence-electron chi connectivity index (χ3n) is 2.66. The molecule has 2 aromatic rings. The Morgan fingerprint density at radius 1 is 1.35 bits per heavy atom. The minimum absolute atomic E-state index is 0.0463. The van der Waals surface area contributed by atoms with E-state index in [1.807, 2.05) is 18.4 Å². The van der Waals surface area contributed by atoms with Gasteiger partial charge in [0.25, 0.3) is 5.91 Å². The quantitative estimate of drug-likeness (QED) is 0.848. The van der Waals surface area contributed by atoms with E-state index in [4.69, 9.17) is 5.11 Å². The summed E-state index contributed by atoms with van der Waals surface area (Å²) in [5, 5.41) is 12.0. The van der Waals surface area contributed by atoms with E-state index < -0.39 is 5.97 Å². The number of benzene rings is 1. The van der Waals surface area contributed by atoms with Crippen molar-refractivity contribution in [2.75, 3.05) is 11.6 Å². The molecule has 0 aliphatic rings. The van der Waals surface area contributed by atoms with Crippen molar-refractivity contribution in [3.05, 3.63) is 41.1 Å². The van der Waals surface area contributed by atoms with Crippen molar-refractivity contribution in [3.8, 4) is 0 Å². The highest BCUT2D eigenvalue weighted by molar-refractivity contribution is 7.98. The number of carboxylic acid groups (broad SMARTS) is 1. The second kappa shape index (κ2) is 6.06. The Bertz CT molecular complexity index is 667. The number of aromatic carboxylic acids is 1. The van der Waals surface area contributed by atoms with E-state index in [1.54, 1.807) is 19.1 Å². The smallest absolute Gasteiger partial charge is 0.340 e. The van der Waals surface area contributed by atoms with Gasteiger partial charge in [-0.2, -0.15) is 4.37 Å². The molecule has 0 radical (unpaired) electrons. The fourth-order valence-electron chi connectivity index (χ4n) is 1.71. The largest absolute Gasteiger partial charge is 0.478 e. The molecule has 0 unspecified atom stereocenters. The van der Waals surface area contributed by atoms with Crippen molar-refractivity contribution in [3.63, 3.8) is 0 Å². The molecule has 5 nitrogen and oxygen atoms in total. The van der Waals surface area contributed by atoms with Gasteiger partial charge in [0.15, 0.2) is 0 Å². The predicted molar refractivity (Wildman–Crippen MR) is 80.0 cm³/mol. The van der Waals surface area contributed by atoms with Gasteiger partial charge in [0.2, 0.25) is 0 Å². The number of carboxylic acids is 1. The SMILES string of the molecule is CSc1ccccc1C(=O)Nc1snc(C)c1C(=O)O. The van der Waals surface area contributed by atoms with E-state index in [1.165, 1.54) is 11.8 Å². The van der Waals surface area contributed by atoms with Crippen LogP contribution in [-0.2, 0) is 0 Å². The van der Waals surface area contributed by atoms with Crippen molar-refractivity contribution in [2.24, 2.45) is 0 Å². The maximum atomic E-state index is 12.2. The number of aromatic nitrogens is 1. The lowest BCUT2D eigenvalue weighted by atomic mass is 10.2. The van der Waals surface area contributed by atoms with Crippen LogP contribution >= 0.6 is 23.3 Å². The van der Waals surface area contributed by atoms with Crippen molar-refractivity contribution in [2.45, 2.75) is 11.8 Å². The second-order valence-electron chi connectivity index (χ2n) is 3.93. The summed E-state index contributed by atoms with van der Waals surface area (Å²) < 4.78 is 3.97. The van der Waals surface area contributed by atoms with Gasteiger partial charge in [-0.05, 0) is 36.8 Å². The van der Waals surface area contributed by atoms with Crippen LogP contribution in [0, 0.1) is 6.92 Å². The molecule has 7 heteroatoms. The van der Waals surface area contributed by atoms with Crippen LogP contribution in [0.1, 0.15) is 26.4 Å². The number of nitrogens with zero attached hydrogens (tertiary/aromatic N) is 1. The number of rotatable bonds is 4. The summed E-state index contributed by atoms with van der Waals surface area (Å²) >= 11 is 2.43. The Hall–Kier alpha value is -1.86. The van der Waals surface area contributed by atoms with Gasteiger partial charge in [-0.25, -0.2) is 4.79 Å². The van der Waals surface area contributed by atoms with Crippen LogP contribution in [0.25, 0.3) is 0 Å². The number of hydrogen-bond donors (Lipinski definition) is 2. The molecule has 0 atom stereocenters. The molecule has 1 aromatic heterocycles. The van der Waals surface area contributed by atoms with Gasteiger partial charge in [0, 0.05) is 4.90 Å². The molecular weight excluding hydrogens is 296 g/mol. The fourth-order valence-corrected chi connectivity index (χ4v) is 3.09. The first-order chi connectivity index (χ1) is 9.54. The summed E-state index contributed by atoms with van der Waals surface area (Å²) in [4.78, 5) is 24.2. The fraction of sp³-hybridized carbons (Fsp3) is 0.154. The third-order valence-corrected chi connectivity index (χ3v) is 4.30. The summed E-state index contributed by atoms with van der Waals surface area (Å²) in [5.74, 6) is -1.43. The average molecular weight is 308 g/mol. The lowest BCUT2D eigenvalue weighted by Gasteiger charge is -2.07. The Kier molecular flexibility index (Phi) is 4.41. The number of thioether (sulfide) groups is 1. The number of anilines is 1. The van der Waals surface area contributed by atoms with E-state index in [0.717, 1.165) is 16.4 Å². The van der Waals surface area contributed by atoms with Crippen molar-refractivity contribution in [1.82, 2.24) is 4.37 Å². The van der Waals surface area contributed by atoms with Crippen molar-refractivity contribution < 1.29 is 14.7 Å². The zero-order valence-corrected chi connectivity index (χ0v) is 12.5. The minimum Gasteiger partial charge on any atom is -0.478 e. The number of carbonyl (C=O) groups is 2. The van der Waals surface area contributed by atoms with Crippen molar-refractivity contribution in [1.29, 1.82) is 0 Å². The highest BCUT2D eigenvalue weighted by atomic mass is 32.2. The van der Waals surface area contributed by atoms with Crippen LogP contribution in [0.15, 0.2) is 29.2 Å². The van der Waals surface area contributed by atoms with Crippen LogP contribution < -0.4 is 5.32 Å². The van der Waals surface area contributed by atoms with Crippen LogP contribution in [0.4, 0.5) is 5.00 Å². The number of hydrogen-bond acceptors (Lipinski definition) is 5. The normalized spacial score (nSPS) is 10.3. The molecule has 0 aliphatic carbocycles. The predicted octanol–water partition coefficient (Wildman–Crippen LogP) is 3.12. The molecular formula is C13H12N2O3S2. The third kappa shape index (κ3) is 2.83. The first-order valence-corrected chi connectivity index (χ1v) is 7.68. The van der Waals surface area contributed by atoms with Crippen LogP contribution in [-0.4, -0.2) is 27.6 Å². The van der Waals surface area contributed by atoms with Gasteiger partial charge in [-0.3, -0.25) is 4.79 Å². The number of carbonyl (C=O) groups excluding carboxylic acids is 1. The maximum absolute atomic E-state index is 12.2. The maximum Gasteiger partial charge on any atom is 0.340 e. The molecule has 20 heavy (non-hydrogen) atoms. The number of nitrogens with one attached hydrogen (secondary N) is 1. The Morgan fingerprint density at radius 2 is 2.05 bits per heavy atom. The zero-order chi connectivity index (χ0) is 14.7. The Labute approximate surface area is 124 Å². The van der Waals surface area contributed by atoms with Gasteiger partial charge >= 0.3 is 5.97 Å². The summed E-state index contributed by atoms with van der Waals surface area (Å²) in [7, 11) is 0. The molecule has 0 saturated carbocycles. The molecule has 0 saturated heterocycles. The summed E-state index contributed by atoms with van der Waals surface area (Å²) in [5.41, 5.74) is 0.961. The van der Waals surface area contributed by atoms with Crippen LogP contribution in [0.5, 0.6) is 0 Å². The zero-order valence-electron chi connectivity index (χ0n) is 10.8. The Morgan fingerprint density at radius 3 is 2.70 bits per heavy atom. The van der Waals surface area contributed by atoms with E-state index in [-0.39, 0.29) is 16.5 Å². The lowest BCUT2D eigenvalue weighted by molar-refractivity contribution is 0.0697. The average Bonchev–Trinajstić information content (AvgIpc) is 2.79. The molecule has 104 valence electrons. The van der Waals surface area contributed by atoms with Gasteiger partial charge < -0.3 is 10.4 Å². The van der Waals surface area contributed by atoms with Gasteiger partial charge in [0.1, 0.15) is 10.6 Å². The first kappa shape index (κ1) is 14.5. The van der Waals surface area contributed by atoms with Crippen molar-refractivity contribution >= 4 is 40.2 Å². The highest BCUT2D eigenvalue weighted by Gasteiger charge is 2.20. The standard InChI is InChI=1S/C13H12N2O3S2/c1-7-10(13(17)18)12(20-15-7)14-11(16)8-5-3-4-6-9(8)19-2/h3-6H,1-2H3,(H,14,16)(H,17,18). The molecule has 1 amide bonds. The molecule has 1 heterocycles. The molecule has 2 rings (SSSR count). The van der Waals surface area contributed by atoms with Gasteiger partial charge in [-0.1, -0.05) is 12.1 Å². The second-order valence-corrected chi connectivity index (χ2v) is 5.55. The lowest BCUT2D eigenvalue weighted by Crippen LogP contribution is -2.14. The Balaban J connectivity index is 2.31. The van der Waals surface area contributed by atoms with Gasteiger partial charge in [0.05, 0.1) is 11.3 Å². The van der Waals surface area contributed by atoms with Crippen LogP contribution in [0.2, 0.25) is 0 Å². The first-order valence-electron chi connectivity index (χ1n) is 5.68. The monoisotopic (exact) mass is 308 g/mol. The summed E-state index contributed by atoms with van der Waals surface area (Å²) in [6, 6.07) is 7.16. The van der Waals surface area contributed by atoms with E-state index in [2.05, 4.69) is 9.69 Å². The molecule has 0 bridgehead atoms. The number of aryl methyl sites for hydroxylation is 1. The topological polar surface area (TPSA) is 79.3 Å². The van der Waals surface area contributed by atoms with Crippen LogP contribution in [0.3, 0.4) is 0 Å². The summed E-state index contributed by atoms with van der Waals surface area (Å²) in [6.45, 7) is 1.60. The summed E-state index contributed by atoms with van der Waals surface area (Å²) in [6.07, 6.45) is 1.88. The molecule has 0 fully saturated rings. The van der Waals surface area contributed by atoms with E-state index in [9.17, 15) is 9.59 Å². The molecule has 0 aliphatic heterocycles.